The Hall–Kier alpha value is -2.92. The van der Waals surface area contributed by atoms with E-state index in [0.29, 0.717) is 29.2 Å². The van der Waals surface area contributed by atoms with Gasteiger partial charge in [0.25, 0.3) is 0 Å². The SMILES string of the molecule is CCOc1ccc(C2=CCN(C)CC2)c2c1C(=O)/C(=C\c1ccccc1F)O2. The van der Waals surface area contributed by atoms with E-state index >= 15 is 0 Å². The van der Waals surface area contributed by atoms with Crippen LogP contribution in [0.5, 0.6) is 11.5 Å². The Balaban J connectivity index is 1.79. The second kappa shape index (κ2) is 7.60. The van der Waals surface area contributed by atoms with Gasteiger partial charge in [-0.1, -0.05) is 24.3 Å². The molecule has 2 aromatic carbocycles. The summed E-state index contributed by atoms with van der Waals surface area (Å²) in [7, 11) is 2.07. The van der Waals surface area contributed by atoms with Crippen molar-refractivity contribution in [3.63, 3.8) is 0 Å². The van der Waals surface area contributed by atoms with Gasteiger partial charge in [-0.05, 0) is 50.2 Å². The molecule has 5 heteroatoms. The molecule has 0 aliphatic carbocycles. The molecule has 28 heavy (non-hydrogen) atoms. The van der Waals surface area contributed by atoms with E-state index in [1.54, 1.807) is 18.2 Å². The number of rotatable bonds is 4. The lowest BCUT2D eigenvalue weighted by atomic mass is 9.95. The topological polar surface area (TPSA) is 38.8 Å². The molecule has 0 atom stereocenters. The number of nitrogens with zero attached hydrogens (tertiary/aromatic N) is 1. The summed E-state index contributed by atoms with van der Waals surface area (Å²) >= 11 is 0. The number of carbonyl (C=O) groups excluding carboxylic acids is 1. The van der Waals surface area contributed by atoms with Crippen molar-refractivity contribution >= 4 is 17.4 Å². The van der Waals surface area contributed by atoms with Crippen molar-refractivity contribution in [1.82, 2.24) is 4.90 Å². The van der Waals surface area contributed by atoms with Crippen molar-refractivity contribution in [2.24, 2.45) is 0 Å². The molecule has 0 spiro atoms. The maximum atomic E-state index is 14.1. The first-order valence-corrected chi connectivity index (χ1v) is 9.45. The highest BCUT2D eigenvalue weighted by molar-refractivity contribution is 6.17. The normalized spacial score (nSPS) is 18.0. The van der Waals surface area contributed by atoms with Crippen LogP contribution in [0.3, 0.4) is 0 Å². The van der Waals surface area contributed by atoms with Gasteiger partial charge in [-0.3, -0.25) is 4.79 Å². The van der Waals surface area contributed by atoms with Crippen LogP contribution >= 0.6 is 0 Å². The largest absolute Gasteiger partial charge is 0.493 e. The van der Waals surface area contributed by atoms with Crippen LogP contribution in [0.15, 0.2) is 48.2 Å². The van der Waals surface area contributed by atoms with Gasteiger partial charge < -0.3 is 14.4 Å². The minimum Gasteiger partial charge on any atom is -0.493 e. The molecule has 0 bridgehead atoms. The lowest BCUT2D eigenvalue weighted by Crippen LogP contribution is -2.23. The van der Waals surface area contributed by atoms with Crippen LogP contribution in [0.1, 0.15) is 34.8 Å². The van der Waals surface area contributed by atoms with E-state index in [1.807, 2.05) is 19.1 Å². The second-order valence-electron chi connectivity index (χ2n) is 6.95. The first-order valence-electron chi connectivity index (χ1n) is 9.45. The molecule has 4 nitrogen and oxygen atoms in total. The summed E-state index contributed by atoms with van der Waals surface area (Å²) in [6, 6.07) is 10.1. The van der Waals surface area contributed by atoms with E-state index < -0.39 is 5.82 Å². The van der Waals surface area contributed by atoms with Crippen molar-refractivity contribution in [3.8, 4) is 11.5 Å². The van der Waals surface area contributed by atoms with Gasteiger partial charge in [-0.15, -0.1) is 0 Å². The highest BCUT2D eigenvalue weighted by atomic mass is 19.1. The summed E-state index contributed by atoms with van der Waals surface area (Å²) in [5.74, 6) is 0.441. The fourth-order valence-electron chi connectivity index (χ4n) is 3.54. The number of likely N-dealkylation sites (N-methyl/N-ethyl adjacent to an activating group) is 1. The lowest BCUT2D eigenvalue weighted by Gasteiger charge is -2.23. The second-order valence-corrected chi connectivity index (χ2v) is 6.95. The summed E-state index contributed by atoms with van der Waals surface area (Å²) in [5, 5.41) is 0. The molecule has 0 amide bonds. The number of Topliss-reactive ketones (excluding diaryl/α,β-unsaturated/α-hetero) is 1. The molecule has 2 aliphatic rings. The van der Waals surface area contributed by atoms with Gasteiger partial charge in [-0.2, -0.15) is 0 Å². The molecular formula is C23H22FNO3. The van der Waals surface area contributed by atoms with Crippen molar-refractivity contribution in [3.05, 3.63) is 70.7 Å². The molecule has 0 unspecified atom stereocenters. The van der Waals surface area contributed by atoms with Crippen LogP contribution in [0, 0.1) is 5.82 Å². The van der Waals surface area contributed by atoms with E-state index in [0.717, 1.165) is 30.6 Å². The monoisotopic (exact) mass is 379 g/mol. The summed E-state index contributed by atoms with van der Waals surface area (Å²) in [4.78, 5) is 15.3. The molecular weight excluding hydrogens is 357 g/mol. The third kappa shape index (κ3) is 3.34. The Bertz CT molecular complexity index is 993. The van der Waals surface area contributed by atoms with Crippen molar-refractivity contribution in [2.45, 2.75) is 13.3 Å². The zero-order valence-electron chi connectivity index (χ0n) is 16.0. The predicted molar refractivity (Wildman–Crippen MR) is 107 cm³/mol. The number of allylic oxidation sites excluding steroid dienone is 1. The molecule has 0 fully saturated rings. The Morgan fingerprint density at radius 3 is 2.79 bits per heavy atom. The Labute approximate surface area is 163 Å². The number of halogens is 1. The van der Waals surface area contributed by atoms with E-state index in [9.17, 15) is 9.18 Å². The standard InChI is InChI=1S/C23H22FNO3/c1-3-27-19-9-8-17(15-10-12-25(2)13-11-15)23-21(19)22(26)20(28-23)14-16-6-4-5-7-18(16)24/h4-10,14H,3,11-13H2,1-2H3/b20-14+. The van der Waals surface area contributed by atoms with Crippen LogP contribution in [0.25, 0.3) is 11.6 Å². The third-order valence-electron chi connectivity index (χ3n) is 5.03. The quantitative estimate of drug-likeness (QED) is 0.730. The average molecular weight is 379 g/mol. The van der Waals surface area contributed by atoms with E-state index in [4.69, 9.17) is 9.47 Å². The minimum absolute atomic E-state index is 0.113. The lowest BCUT2D eigenvalue weighted by molar-refractivity contribution is 0.101. The molecule has 0 N–H and O–H groups in total. The molecule has 0 radical (unpaired) electrons. The number of ketones is 1. The van der Waals surface area contributed by atoms with Crippen molar-refractivity contribution in [2.75, 3.05) is 26.7 Å². The van der Waals surface area contributed by atoms with E-state index in [2.05, 4.69) is 18.0 Å². The zero-order valence-corrected chi connectivity index (χ0v) is 16.0. The number of carbonyl (C=O) groups is 1. The zero-order chi connectivity index (χ0) is 19.7. The van der Waals surface area contributed by atoms with Gasteiger partial charge in [0.1, 0.15) is 22.9 Å². The number of benzene rings is 2. The first-order chi connectivity index (χ1) is 13.6. The summed E-state index contributed by atoms with van der Waals surface area (Å²) in [5.41, 5.74) is 2.78. The summed E-state index contributed by atoms with van der Waals surface area (Å²) in [6.45, 7) is 4.11. The molecule has 2 aromatic rings. The van der Waals surface area contributed by atoms with Gasteiger partial charge in [0.2, 0.25) is 5.78 Å². The van der Waals surface area contributed by atoms with Crippen LogP contribution < -0.4 is 9.47 Å². The first kappa shape index (κ1) is 18.4. The fourth-order valence-corrected chi connectivity index (χ4v) is 3.54. The Morgan fingerprint density at radius 2 is 2.07 bits per heavy atom. The van der Waals surface area contributed by atoms with Gasteiger partial charge in [0.15, 0.2) is 5.76 Å². The molecule has 2 heterocycles. The van der Waals surface area contributed by atoms with Gasteiger partial charge >= 0.3 is 0 Å². The summed E-state index contributed by atoms with van der Waals surface area (Å²) < 4.78 is 25.7. The van der Waals surface area contributed by atoms with Crippen LogP contribution in [0.2, 0.25) is 0 Å². The van der Waals surface area contributed by atoms with Crippen molar-refractivity contribution in [1.29, 1.82) is 0 Å². The maximum Gasteiger partial charge on any atom is 0.235 e. The Morgan fingerprint density at radius 1 is 1.25 bits per heavy atom. The smallest absolute Gasteiger partial charge is 0.235 e. The number of hydrogen-bond acceptors (Lipinski definition) is 4. The fraction of sp³-hybridized carbons (Fsp3) is 0.261. The molecule has 144 valence electrons. The maximum absolute atomic E-state index is 14.1. The number of ether oxygens (including phenoxy) is 2. The van der Waals surface area contributed by atoms with E-state index in [1.165, 1.54) is 12.1 Å². The van der Waals surface area contributed by atoms with Gasteiger partial charge in [0, 0.05) is 24.2 Å². The van der Waals surface area contributed by atoms with Crippen LogP contribution in [-0.4, -0.2) is 37.4 Å². The minimum atomic E-state index is -0.398. The summed E-state index contributed by atoms with van der Waals surface area (Å²) in [6.07, 6.45) is 4.49. The molecule has 2 aliphatic heterocycles. The van der Waals surface area contributed by atoms with Crippen LogP contribution in [0.4, 0.5) is 4.39 Å². The molecule has 4 rings (SSSR count). The average Bonchev–Trinajstić information content (AvgIpc) is 3.02. The highest BCUT2D eigenvalue weighted by Gasteiger charge is 2.34. The predicted octanol–water partition coefficient (Wildman–Crippen LogP) is 4.56. The molecule has 0 saturated heterocycles. The van der Waals surface area contributed by atoms with Gasteiger partial charge in [0.05, 0.1) is 6.61 Å². The highest BCUT2D eigenvalue weighted by Crippen LogP contribution is 2.44. The van der Waals surface area contributed by atoms with Gasteiger partial charge in [-0.25, -0.2) is 4.39 Å². The Kier molecular flexibility index (Phi) is 5.01. The van der Waals surface area contributed by atoms with E-state index in [-0.39, 0.29) is 11.5 Å². The van der Waals surface area contributed by atoms with Crippen LogP contribution in [-0.2, 0) is 0 Å². The molecule has 0 aromatic heterocycles. The number of hydrogen-bond donors (Lipinski definition) is 0. The number of fused-ring (bicyclic) bond motifs is 1. The molecule has 0 saturated carbocycles. The third-order valence-corrected chi connectivity index (χ3v) is 5.03. The van der Waals surface area contributed by atoms with Crippen molar-refractivity contribution < 1.29 is 18.7 Å².